The topological polar surface area (TPSA) is 76.9 Å². The van der Waals surface area contributed by atoms with E-state index in [1.165, 1.54) is 6.42 Å². The molecular formula is C22H30N4O3. The van der Waals surface area contributed by atoms with Crippen molar-refractivity contribution in [3.05, 3.63) is 29.8 Å². The molecule has 0 N–H and O–H groups in total. The Hall–Kier alpha value is -2.59. The molecule has 0 spiro atoms. The molecule has 2 aliphatic heterocycles. The Labute approximate surface area is 172 Å². The number of rotatable bonds is 6. The third kappa shape index (κ3) is 5.94. The number of hydrogen-bond acceptors (Lipinski definition) is 5. The normalized spacial score (nSPS) is 20.2. The van der Waals surface area contributed by atoms with E-state index in [1.807, 2.05) is 17.0 Å². The first-order chi connectivity index (χ1) is 14.1. The highest BCUT2D eigenvalue weighted by molar-refractivity contribution is 5.79. The van der Waals surface area contributed by atoms with E-state index in [0.717, 1.165) is 24.9 Å². The van der Waals surface area contributed by atoms with Gasteiger partial charge in [0.2, 0.25) is 5.91 Å². The summed E-state index contributed by atoms with van der Waals surface area (Å²) in [5.41, 5.74) is 0.927. The summed E-state index contributed by atoms with van der Waals surface area (Å²) >= 11 is 0. The summed E-state index contributed by atoms with van der Waals surface area (Å²) in [6.07, 6.45) is 3.76. The van der Waals surface area contributed by atoms with Gasteiger partial charge in [0.05, 0.1) is 19.0 Å². The Morgan fingerprint density at radius 3 is 2.45 bits per heavy atom. The zero-order valence-electron chi connectivity index (χ0n) is 17.2. The van der Waals surface area contributed by atoms with Crippen LogP contribution >= 0.6 is 0 Å². The molecule has 1 unspecified atom stereocenters. The third-order valence-corrected chi connectivity index (χ3v) is 5.78. The van der Waals surface area contributed by atoms with Crippen LogP contribution < -0.4 is 4.74 Å². The van der Waals surface area contributed by atoms with E-state index in [9.17, 15) is 9.59 Å². The second kappa shape index (κ2) is 10.3. The molecule has 7 heteroatoms. The minimum Gasteiger partial charge on any atom is -0.484 e. The molecule has 2 heterocycles. The molecule has 0 saturated carbocycles. The number of nitriles is 1. The van der Waals surface area contributed by atoms with Crippen LogP contribution in [0.25, 0.3) is 0 Å². The Morgan fingerprint density at radius 2 is 1.79 bits per heavy atom. The van der Waals surface area contributed by atoms with Crippen molar-refractivity contribution in [3.8, 4) is 11.8 Å². The average molecular weight is 399 g/mol. The van der Waals surface area contributed by atoms with E-state index >= 15 is 0 Å². The fraction of sp³-hybridized carbons (Fsp3) is 0.591. The number of carbonyl (C=O) groups excluding carboxylic acids is 2. The van der Waals surface area contributed by atoms with Gasteiger partial charge in [-0.2, -0.15) is 5.26 Å². The van der Waals surface area contributed by atoms with Crippen LogP contribution in [0.4, 0.5) is 0 Å². The highest BCUT2D eigenvalue weighted by Gasteiger charge is 2.27. The van der Waals surface area contributed by atoms with Crippen LogP contribution in [0, 0.1) is 11.3 Å². The molecule has 2 fully saturated rings. The van der Waals surface area contributed by atoms with Crippen molar-refractivity contribution in [3.63, 3.8) is 0 Å². The molecule has 156 valence electrons. The zero-order valence-corrected chi connectivity index (χ0v) is 17.2. The minimum atomic E-state index is -0.0401. The molecule has 1 aromatic rings. The van der Waals surface area contributed by atoms with Gasteiger partial charge in [-0.1, -0.05) is 12.1 Å². The van der Waals surface area contributed by atoms with E-state index in [0.29, 0.717) is 50.9 Å². The van der Waals surface area contributed by atoms with Crippen LogP contribution in [0.15, 0.2) is 24.3 Å². The number of ether oxygens (including phenoxy) is 1. The maximum absolute atomic E-state index is 12.6. The zero-order chi connectivity index (χ0) is 20.6. The number of nitrogens with zero attached hydrogens (tertiary/aromatic N) is 4. The molecule has 0 aliphatic carbocycles. The predicted molar refractivity (Wildman–Crippen MR) is 109 cm³/mol. The van der Waals surface area contributed by atoms with Crippen LogP contribution in [-0.4, -0.2) is 78.4 Å². The lowest BCUT2D eigenvalue weighted by Crippen LogP contribution is -2.53. The number of piperazine rings is 1. The van der Waals surface area contributed by atoms with Crippen molar-refractivity contribution >= 4 is 11.8 Å². The number of carbonyl (C=O) groups is 2. The maximum atomic E-state index is 12.6. The van der Waals surface area contributed by atoms with E-state index in [4.69, 9.17) is 10.00 Å². The standard InChI is InChI=1S/C22H30N4O3/c1-18-4-2-3-11-26(18)21(27)16-24-12-14-25(15-13-24)22(28)17-29-20-7-5-19(6-8-20)9-10-23/h5-8,18H,2-4,9,11-17H2,1H3. The van der Waals surface area contributed by atoms with Gasteiger partial charge in [0.15, 0.2) is 6.61 Å². The number of benzene rings is 1. The summed E-state index contributed by atoms with van der Waals surface area (Å²) in [6.45, 7) is 6.10. The minimum absolute atomic E-state index is 0.00181. The van der Waals surface area contributed by atoms with E-state index in [1.54, 1.807) is 17.0 Å². The first-order valence-electron chi connectivity index (χ1n) is 10.4. The number of amides is 2. The second-order valence-corrected chi connectivity index (χ2v) is 7.86. The largest absolute Gasteiger partial charge is 0.484 e. The Morgan fingerprint density at radius 1 is 1.07 bits per heavy atom. The van der Waals surface area contributed by atoms with Gasteiger partial charge < -0.3 is 14.5 Å². The molecule has 0 bridgehead atoms. The lowest BCUT2D eigenvalue weighted by Gasteiger charge is -2.38. The van der Waals surface area contributed by atoms with Gasteiger partial charge in [-0.25, -0.2) is 0 Å². The van der Waals surface area contributed by atoms with E-state index in [-0.39, 0.29) is 18.4 Å². The second-order valence-electron chi connectivity index (χ2n) is 7.86. The van der Waals surface area contributed by atoms with Gasteiger partial charge in [0.1, 0.15) is 5.75 Å². The first-order valence-corrected chi connectivity index (χ1v) is 10.4. The van der Waals surface area contributed by atoms with Crippen molar-refractivity contribution in [1.82, 2.24) is 14.7 Å². The van der Waals surface area contributed by atoms with Gasteiger partial charge in [-0.3, -0.25) is 14.5 Å². The molecule has 1 atom stereocenters. The summed E-state index contributed by atoms with van der Waals surface area (Å²) in [6, 6.07) is 9.68. The molecular weight excluding hydrogens is 368 g/mol. The number of likely N-dealkylation sites (tertiary alicyclic amines) is 1. The van der Waals surface area contributed by atoms with Gasteiger partial charge in [0.25, 0.3) is 5.91 Å². The average Bonchev–Trinajstić information content (AvgIpc) is 2.74. The van der Waals surface area contributed by atoms with Crippen molar-refractivity contribution < 1.29 is 14.3 Å². The van der Waals surface area contributed by atoms with Crippen LogP contribution in [0.1, 0.15) is 31.7 Å². The molecule has 3 rings (SSSR count). The van der Waals surface area contributed by atoms with Crippen LogP contribution in [0.3, 0.4) is 0 Å². The van der Waals surface area contributed by atoms with Gasteiger partial charge in [0, 0.05) is 38.8 Å². The van der Waals surface area contributed by atoms with Crippen LogP contribution in [0.5, 0.6) is 5.75 Å². The Balaban J connectivity index is 1.39. The summed E-state index contributed by atoms with van der Waals surface area (Å²) < 4.78 is 5.59. The van der Waals surface area contributed by atoms with Crippen molar-refractivity contribution in [1.29, 1.82) is 5.26 Å². The third-order valence-electron chi connectivity index (χ3n) is 5.78. The quantitative estimate of drug-likeness (QED) is 0.729. The van der Waals surface area contributed by atoms with Crippen molar-refractivity contribution in [2.75, 3.05) is 45.9 Å². The van der Waals surface area contributed by atoms with Gasteiger partial charge in [-0.15, -0.1) is 0 Å². The summed E-state index contributed by atoms with van der Waals surface area (Å²) in [4.78, 5) is 31.0. The fourth-order valence-electron chi connectivity index (χ4n) is 3.94. The highest BCUT2D eigenvalue weighted by Crippen LogP contribution is 2.17. The van der Waals surface area contributed by atoms with Crippen molar-refractivity contribution in [2.24, 2.45) is 0 Å². The predicted octanol–water partition coefficient (Wildman–Crippen LogP) is 1.68. The molecule has 2 amide bonds. The van der Waals surface area contributed by atoms with Gasteiger partial charge in [-0.05, 0) is 43.9 Å². The molecule has 0 radical (unpaired) electrons. The lowest BCUT2D eigenvalue weighted by atomic mass is 10.0. The lowest BCUT2D eigenvalue weighted by molar-refractivity contribution is -0.138. The van der Waals surface area contributed by atoms with Crippen LogP contribution in [-0.2, 0) is 16.0 Å². The number of piperidine rings is 1. The fourth-order valence-corrected chi connectivity index (χ4v) is 3.94. The van der Waals surface area contributed by atoms with E-state index < -0.39 is 0 Å². The molecule has 2 saturated heterocycles. The molecule has 2 aliphatic rings. The molecule has 7 nitrogen and oxygen atoms in total. The molecule has 29 heavy (non-hydrogen) atoms. The van der Waals surface area contributed by atoms with Gasteiger partial charge >= 0.3 is 0 Å². The van der Waals surface area contributed by atoms with Crippen LogP contribution in [0.2, 0.25) is 0 Å². The number of hydrogen-bond donors (Lipinski definition) is 0. The monoisotopic (exact) mass is 398 g/mol. The Kier molecular flexibility index (Phi) is 7.48. The summed E-state index contributed by atoms with van der Waals surface area (Å²) in [7, 11) is 0. The first kappa shape index (κ1) is 21.1. The van der Waals surface area contributed by atoms with E-state index in [2.05, 4.69) is 17.9 Å². The molecule has 1 aromatic carbocycles. The summed E-state index contributed by atoms with van der Waals surface area (Å²) in [5.74, 6) is 0.793. The Bertz CT molecular complexity index is 735. The maximum Gasteiger partial charge on any atom is 0.260 e. The molecule has 0 aromatic heterocycles. The smallest absolute Gasteiger partial charge is 0.260 e. The highest BCUT2D eigenvalue weighted by atomic mass is 16.5. The van der Waals surface area contributed by atoms with Crippen molar-refractivity contribution in [2.45, 2.75) is 38.6 Å². The summed E-state index contributed by atoms with van der Waals surface area (Å²) in [5, 5.41) is 8.70. The SMILES string of the molecule is CC1CCCCN1C(=O)CN1CCN(C(=O)COc2ccc(CC#N)cc2)CC1.